The molecule has 2 amide bonds. The second-order valence-corrected chi connectivity index (χ2v) is 7.06. The lowest BCUT2D eigenvalue weighted by Crippen LogP contribution is -2.19. The molecule has 0 aliphatic carbocycles. The maximum Gasteiger partial charge on any atom is 0.513 e. The maximum absolute atomic E-state index is 12.3. The molecule has 0 heterocycles. The Morgan fingerprint density at radius 2 is 1.03 bits per heavy atom. The van der Waals surface area contributed by atoms with Crippen LogP contribution in [0.3, 0.4) is 0 Å². The minimum absolute atomic E-state index is 0.00541. The molecule has 0 aliphatic heterocycles. The van der Waals surface area contributed by atoms with Gasteiger partial charge in [-0.25, -0.2) is 9.59 Å². The first-order valence-electron chi connectivity index (χ1n) is 10.9. The van der Waals surface area contributed by atoms with Gasteiger partial charge < -0.3 is 39.9 Å². The third kappa shape index (κ3) is 6.56. The van der Waals surface area contributed by atoms with Crippen LogP contribution in [0.2, 0.25) is 0 Å². The molecule has 0 saturated carbocycles. The van der Waals surface area contributed by atoms with Gasteiger partial charge in [-0.3, -0.25) is 9.59 Å². The summed E-state index contributed by atoms with van der Waals surface area (Å²) in [6.45, 7) is 3.41. The van der Waals surface area contributed by atoms with Crippen LogP contribution in [-0.4, -0.2) is 51.6 Å². The van der Waals surface area contributed by atoms with Crippen LogP contribution in [0.25, 0.3) is 0 Å². The van der Waals surface area contributed by atoms with Crippen LogP contribution in [0.15, 0.2) is 24.3 Å². The molecule has 0 saturated heterocycles. The van der Waals surface area contributed by atoms with Crippen molar-refractivity contribution < 1.29 is 47.6 Å². The first-order valence-corrected chi connectivity index (χ1v) is 10.9. The molecule has 0 aromatic heterocycles. The molecule has 0 spiro atoms. The fourth-order valence-electron chi connectivity index (χ4n) is 3.48. The van der Waals surface area contributed by atoms with Crippen molar-refractivity contribution in [2.75, 3.05) is 27.4 Å². The summed E-state index contributed by atoms with van der Waals surface area (Å²) in [4.78, 5) is 48.0. The van der Waals surface area contributed by atoms with E-state index in [0.29, 0.717) is 11.1 Å². The lowest BCUT2D eigenvalue weighted by atomic mass is 9.95. The van der Waals surface area contributed by atoms with Crippen LogP contribution in [0, 0.1) is 0 Å². The number of primary amides is 2. The summed E-state index contributed by atoms with van der Waals surface area (Å²) in [5, 5.41) is 0. The normalized spacial score (nSPS) is 10.2. The number of hydrogen-bond acceptors (Lipinski definition) is 10. The summed E-state index contributed by atoms with van der Waals surface area (Å²) in [5.41, 5.74) is 12.1. The predicted molar refractivity (Wildman–Crippen MR) is 126 cm³/mol. The molecule has 12 heteroatoms. The zero-order valence-electron chi connectivity index (χ0n) is 20.4. The fourth-order valence-corrected chi connectivity index (χ4v) is 3.48. The van der Waals surface area contributed by atoms with E-state index < -0.39 is 24.1 Å². The molecule has 36 heavy (non-hydrogen) atoms. The zero-order valence-corrected chi connectivity index (χ0v) is 20.4. The monoisotopic (exact) mass is 504 g/mol. The van der Waals surface area contributed by atoms with E-state index in [1.54, 1.807) is 13.8 Å². The Morgan fingerprint density at radius 1 is 0.667 bits per heavy atom. The lowest BCUT2D eigenvalue weighted by Gasteiger charge is -2.17. The van der Waals surface area contributed by atoms with Gasteiger partial charge in [0, 0.05) is 0 Å². The van der Waals surface area contributed by atoms with Crippen molar-refractivity contribution in [2.24, 2.45) is 11.5 Å². The molecule has 0 atom stereocenters. The van der Waals surface area contributed by atoms with Gasteiger partial charge >= 0.3 is 12.3 Å². The van der Waals surface area contributed by atoms with E-state index in [2.05, 4.69) is 0 Å². The molecule has 0 aliphatic rings. The molecule has 2 aromatic rings. The number of carbonyl (C=O) groups excluding carboxylic acids is 4. The number of benzene rings is 2. The number of amides is 2. The summed E-state index contributed by atoms with van der Waals surface area (Å²) in [6.07, 6.45) is -1.53. The van der Waals surface area contributed by atoms with E-state index in [9.17, 15) is 19.2 Å². The van der Waals surface area contributed by atoms with Crippen LogP contribution < -0.4 is 30.4 Å². The summed E-state index contributed by atoms with van der Waals surface area (Å²) >= 11 is 0. The number of nitrogens with two attached hydrogens (primary N) is 2. The highest BCUT2D eigenvalue weighted by Crippen LogP contribution is 2.37. The molecule has 2 rings (SSSR count). The van der Waals surface area contributed by atoms with Crippen LogP contribution in [0.5, 0.6) is 23.0 Å². The van der Waals surface area contributed by atoms with Gasteiger partial charge in [-0.1, -0.05) is 12.1 Å². The van der Waals surface area contributed by atoms with Gasteiger partial charge in [0.25, 0.3) is 11.8 Å². The van der Waals surface area contributed by atoms with E-state index in [0.717, 1.165) is 0 Å². The first-order chi connectivity index (χ1) is 17.2. The average Bonchev–Trinajstić information content (AvgIpc) is 2.82. The number of ether oxygens (including phenoxy) is 6. The van der Waals surface area contributed by atoms with Crippen molar-refractivity contribution in [3.05, 3.63) is 46.5 Å². The van der Waals surface area contributed by atoms with Gasteiger partial charge in [0.2, 0.25) is 0 Å². The first kappa shape index (κ1) is 27.8. The summed E-state index contributed by atoms with van der Waals surface area (Å²) in [5.74, 6) is -1.82. The molecule has 12 nitrogen and oxygen atoms in total. The minimum atomic E-state index is -0.970. The standard InChI is InChI=1S/C24H28N2O10/c1-5-33-23(29)35-15-11-9-13(17(21(25)27)19(15)31-3)7-8-14-10-12-16(36-24(30)34-6-2)20(32-4)18(14)22(26)28/h9-12H,5-8H2,1-4H3,(H2,25,27)(H2,26,28). The van der Waals surface area contributed by atoms with Gasteiger partial charge in [-0.15, -0.1) is 0 Å². The third-order valence-electron chi connectivity index (χ3n) is 4.89. The topological polar surface area (TPSA) is 176 Å². The van der Waals surface area contributed by atoms with Crippen molar-refractivity contribution in [1.82, 2.24) is 0 Å². The van der Waals surface area contributed by atoms with Gasteiger partial charge in [0.05, 0.1) is 38.6 Å². The summed E-state index contributed by atoms with van der Waals surface area (Å²) < 4.78 is 30.3. The Bertz CT molecular complexity index is 1060. The van der Waals surface area contributed by atoms with Crippen LogP contribution in [-0.2, 0) is 22.3 Å². The average molecular weight is 504 g/mol. The number of hydrogen-bond donors (Lipinski definition) is 2. The van der Waals surface area contributed by atoms with E-state index in [4.69, 9.17) is 39.9 Å². The number of aryl methyl sites for hydroxylation is 2. The molecule has 0 fully saturated rings. The predicted octanol–water partition coefficient (Wildman–Crippen LogP) is 2.76. The van der Waals surface area contributed by atoms with E-state index in [1.807, 2.05) is 0 Å². The number of rotatable bonds is 11. The molecule has 4 N–H and O–H groups in total. The van der Waals surface area contributed by atoms with Gasteiger partial charge in [-0.2, -0.15) is 0 Å². The highest BCUT2D eigenvalue weighted by atomic mass is 16.7. The Kier molecular flexibility index (Phi) is 9.90. The van der Waals surface area contributed by atoms with Gasteiger partial charge in [0.15, 0.2) is 23.0 Å². The molecule has 0 radical (unpaired) electrons. The van der Waals surface area contributed by atoms with Crippen molar-refractivity contribution in [1.29, 1.82) is 0 Å². The second-order valence-electron chi connectivity index (χ2n) is 7.06. The van der Waals surface area contributed by atoms with Crippen molar-refractivity contribution >= 4 is 24.1 Å². The van der Waals surface area contributed by atoms with Crippen LogP contribution >= 0.6 is 0 Å². The Balaban J connectivity index is 2.44. The third-order valence-corrected chi connectivity index (χ3v) is 4.89. The van der Waals surface area contributed by atoms with Gasteiger partial charge in [0.1, 0.15) is 0 Å². The SMILES string of the molecule is CCOC(=O)Oc1ccc(CCc2ccc(OC(=O)OCC)c(OC)c2C(N)=O)c(C(N)=O)c1OC. The molecular weight excluding hydrogens is 476 g/mol. The number of carbonyl (C=O) groups is 4. The minimum Gasteiger partial charge on any atom is -0.492 e. The molecule has 2 aromatic carbocycles. The van der Waals surface area contributed by atoms with Crippen molar-refractivity contribution in [3.8, 4) is 23.0 Å². The molecule has 0 unspecified atom stereocenters. The van der Waals surface area contributed by atoms with Crippen molar-refractivity contribution in [3.63, 3.8) is 0 Å². The zero-order chi connectivity index (χ0) is 26.8. The van der Waals surface area contributed by atoms with Gasteiger partial charge in [-0.05, 0) is 49.9 Å². The quantitative estimate of drug-likeness (QED) is 0.342. The van der Waals surface area contributed by atoms with E-state index in [1.165, 1.54) is 38.5 Å². The molecule has 0 bridgehead atoms. The Hall–Kier alpha value is -4.48. The van der Waals surface area contributed by atoms with E-state index >= 15 is 0 Å². The van der Waals surface area contributed by atoms with E-state index in [-0.39, 0.29) is 60.2 Å². The fraction of sp³-hybridized carbons (Fsp3) is 0.333. The highest BCUT2D eigenvalue weighted by molar-refractivity contribution is 5.99. The number of methoxy groups -OCH3 is 2. The largest absolute Gasteiger partial charge is 0.513 e. The Morgan fingerprint density at radius 3 is 1.31 bits per heavy atom. The molecule has 194 valence electrons. The van der Waals surface area contributed by atoms with Crippen molar-refractivity contribution in [2.45, 2.75) is 26.7 Å². The summed E-state index contributed by atoms with van der Waals surface area (Å²) in [6, 6.07) is 5.94. The van der Waals surface area contributed by atoms with Crippen LogP contribution in [0.1, 0.15) is 45.7 Å². The smallest absolute Gasteiger partial charge is 0.492 e. The van der Waals surface area contributed by atoms with Crippen LogP contribution in [0.4, 0.5) is 9.59 Å². The second kappa shape index (κ2) is 12.8. The Labute approximate surface area is 207 Å². The highest BCUT2D eigenvalue weighted by Gasteiger charge is 2.24. The summed E-state index contributed by atoms with van der Waals surface area (Å²) in [7, 11) is 2.59. The maximum atomic E-state index is 12.3. The lowest BCUT2D eigenvalue weighted by molar-refractivity contribution is 0.0977. The molecular formula is C24H28N2O10.